The fraction of sp³-hybridized carbons (Fsp3) is 0.594. The Labute approximate surface area is 271 Å². The van der Waals surface area contributed by atoms with E-state index in [9.17, 15) is 29.1 Å². The Morgan fingerprint density at radius 1 is 1.07 bits per heavy atom. The van der Waals surface area contributed by atoms with Crippen LogP contribution in [0.15, 0.2) is 30.4 Å². The van der Waals surface area contributed by atoms with Crippen molar-refractivity contribution >= 4 is 41.6 Å². The van der Waals surface area contributed by atoms with Crippen LogP contribution < -0.4 is 10.6 Å². The Balaban J connectivity index is 1.20. The van der Waals surface area contributed by atoms with Crippen LogP contribution in [0.25, 0.3) is 0 Å². The van der Waals surface area contributed by atoms with Crippen molar-refractivity contribution in [1.29, 1.82) is 0 Å². The van der Waals surface area contributed by atoms with Crippen molar-refractivity contribution in [1.82, 2.24) is 20.4 Å². The van der Waals surface area contributed by atoms with Gasteiger partial charge in [0.25, 0.3) is 0 Å². The monoisotopic (exact) mass is 658 g/mol. The number of amides is 4. The van der Waals surface area contributed by atoms with Crippen LogP contribution >= 0.6 is 11.6 Å². The van der Waals surface area contributed by atoms with Gasteiger partial charge < -0.3 is 34.9 Å². The molecule has 13 nitrogen and oxygen atoms in total. The van der Waals surface area contributed by atoms with Gasteiger partial charge >= 0.3 is 18.2 Å². The van der Waals surface area contributed by atoms with Gasteiger partial charge in [0.1, 0.15) is 29.8 Å². The van der Waals surface area contributed by atoms with Crippen LogP contribution in [-0.4, -0.2) is 94.5 Å². The molecule has 248 valence electrons. The number of carboxylic acids is 1. The number of carboxylic acid groups (broad SMARTS) is 1. The maximum Gasteiger partial charge on any atom is 0.410 e. The van der Waals surface area contributed by atoms with Crippen molar-refractivity contribution < 1.29 is 43.3 Å². The Morgan fingerprint density at radius 3 is 2.67 bits per heavy atom. The standard InChI is InChI=1S/C32H39ClN4O9/c33-22-9-8-19-15-36(16-20(19)12-22)31(43)46-24-13-26-27(38)35-32(29(40)41)14-21(32)6-4-2-1-3-5-7-25(28(39)37(26)17-24)34-30(42)45-23-10-11-44-18-23/h4,6,8-9,12,21,23-26H,1-3,5,7,10-11,13-18H2,(H,34,42)(H,35,38)(H,40,41)/b6-4-/t21-,23-,24-,25+,26?,32-/m1/s1. The number of aliphatic carboxylic acids is 1. The summed E-state index contributed by atoms with van der Waals surface area (Å²) in [5, 5.41) is 16.0. The smallest absolute Gasteiger partial charge is 0.410 e. The molecule has 1 unspecified atom stereocenters. The van der Waals surface area contributed by atoms with E-state index in [1.165, 1.54) is 9.80 Å². The molecule has 3 fully saturated rings. The lowest BCUT2D eigenvalue weighted by Gasteiger charge is -2.29. The van der Waals surface area contributed by atoms with Gasteiger partial charge in [0.2, 0.25) is 11.8 Å². The minimum Gasteiger partial charge on any atom is -0.479 e. The van der Waals surface area contributed by atoms with Gasteiger partial charge in [0, 0.05) is 36.9 Å². The van der Waals surface area contributed by atoms with E-state index < -0.39 is 59.8 Å². The lowest BCUT2D eigenvalue weighted by Crippen LogP contribution is -2.56. The normalized spacial score (nSPS) is 31.8. The number of carbonyl (C=O) groups excluding carboxylic acids is 4. The summed E-state index contributed by atoms with van der Waals surface area (Å²) >= 11 is 6.12. The summed E-state index contributed by atoms with van der Waals surface area (Å²) in [7, 11) is 0. The second kappa shape index (κ2) is 13.5. The quantitative estimate of drug-likeness (QED) is 0.413. The topological polar surface area (TPSA) is 164 Å². The maximum atomic E-state index is 14.1. The van der Waals surface area contributed by atoms with Gasteiger partial charge in [-0.2, -0.15) is 0 Å². The number of fused-ring (bicyclic) bond motifs is 3. The Hall–Kier alpha value is -3.84. The van der Waals surface area contributed by atoms with Gasteiger partial charge in [-0.3, -0.25) is 14.5 Å². The molecule has 5 aliphatic rings. The van der Waals surface area contributed by atoms with Gasteiger partial charge in [0.15, 0.2) is 0 Å². The number of allylic oxidation sites excluding steroid dienone is 1. The third-order valence-corrected chi connectivity index (χ3v) is 9.73. The summed E-state index contributed by atoms with van der Waals surface area (Å²) < 4.78 is 16.6. The molecule has 6 rings (SSSR count). The summed E-state index contributed by atoms with van der Waals surface area (Å²) in [4.78, 5) is 69.1. The second-order valence-electron chi connectivity index (χ2n) is 12.7. The zero-order valence-electron chi connectivity index (χ0n) is 25.5. The molecule has 4 heterocycles. The average molecular weight is 659 g/mol. The number of halogens is 1. The molecule has 46 heavy (non-hydrogen) atoms. The fourth-order valence-electron chi connectivity index (χ4n) is 6.79. The highest BCUT2D eigenvalue weighted by atomic mass is 35.5. The summed E-state index contributed by atoms with van der Waals surface area (Å²) in [6.45, 7) is 1.31. The number of nitrogens with zero attached hydrogens (tertiary/aromatic N) is 2. The first kappa shape index (κ1) is 32.1. The van der Waals surface area contributed by atoms with Gasteiger partial charge in [-0.25, -0.2) is 14.4 Å². The minimum atomic E-state index is -1.47. The lowest BCUT2D eigenvalue weighted by molar-refractivity contribution is -0.145. The van der Waals surface area contributed by atoms with E-state index in [-0.39, 0.29) is 31.9 Å². The molecule has 1 aliphatic carbocycles. The number of ether oxygens (including phenoxy) is 3. The number of nitrogens with one attached hydrogen (secondary N) is 2. The van der Waals surface area contributed by atoms with Crippen LogP contribution in [0.1, 0.15) is 62.5 Å². The van der Waals surface area contributed by atoms with Crippen LogP contribution in [0.3, 0.4) is 0 Å². The Bertz CT molecular complexity index is 1420. The number of hydrogen-bond acceptors (Lipinski definition) is 8. The summed E-state index contributed by atoms with van der Waals surface area (Å²) in [6.07, 6.45) is 5.21. The van der Waals surface area contributed by atoms with Crippen molar-refractivity contribution in [2.75, 3.05) is 19.8 Å². The molecular formula is C32H39ClN4O9. The minimum absolute atomic E-state index is 0.0251. The third kappa shape index (κ3) is 6.95. The van der Waals surface area contributed by atoms with E-state index in [2.05, 4.69) is 10.6 Å². The highest BCUT2D eigenvalue weighted by Gasteiger charge is 2.61. The summed E-state index contributed by atoms with van der Waals surface area (Å²) in [5.41, 5.74) is 0.395. The van der Waals surface area contributed by atoms with Gasteiger partial charge in [-0.05, 0) is 48.9 Å². The zero-order chi connectivity index (χ0) is 32.4. The first-order valence-electron chi connectivity index (χ1n) is 15.9. The first-order valence-corrected chi connectivity index (χ1v) is 16.3. The van der Waals surface area contributed by atoms with E-state index in [0.29, 0.717) is 44.0 Å². The van der Waals surface area contributed by atoms with Crippen molar-refractivity contribution in [3.8, 4) is 0 Å². The number of alkyl carbamates (subject to hydrolysis) is 1. The van der Waals surface area contributed by atoms with E-state index in [0.717, 1.165) is 30.4 Å². The van der Waals surface area contributed by atoms with Gasteiger partial charge in [0.05, 0.1) is 19.8 Å². The average Bonchev–Trinajstić information content (AvgIpc) is 3.43. The summed E-state index contributed by atoms with van der Waals surface area (Å²) in [6, 6.07) is 3.30. The zero-order valence-corrected chi connectivity index (χ0v) is 26.2. The highest BCUT2D eigenvalue weighted by molar-refractivity contribution is 6.30. The molecule has 14 heteroatoms. The SMILES string of the molecule is O=C(N[C@H]1CCCCC/C=C\[C@@H]2C[C@@]2(C(=O)O)NC(=O)C2C[C@@H](OC(=O)N3Cc4ccc(Cl)cc4C3)CN2C1=O)O[C@@H]1CCOC1. The molecule has 6 atom stereocenters. The molecule has 1 aromatic rings. The van der Waals surface area contributed by atoms with Crippen LogP contribution in [0.5, 0.6) is 0 Å². The maximum absolute atomic E-state index is 14.1. The fourth-order valence-corrected chi connectivity index (χ4v) is 6.98. The molecule has 0 bridgehead atoms. The van der Waals surface area contributed by atoms with Gasteiger partial charge in [-0.15, -0.1) is 0 Å². The van der Waals surface area contributed by atoms with E-state index in [1.807, 2.05) is 18.2 Å². The number of carbonyl (C=O) groups is 5. The van der Waals surface area contributed by atoms with Crippen molar-refractivity contribution in [3.63, 3.8) is 0 Å². The molecule has 1 saturated carbocycles. The van der Waals surface area contributed by atoms with Crippen molar-refractivity contribution in [2.45, 2.75) is 94.3 Å². The Morgan fingerprint density at radius 2 is 1.89 bits per heavy atom. The second-order valence-corrected chi connectivity index (χ2v) is 13.2. The van der Waals surface area contributed by atoms with E-state index in [4.69, 9.17) is 25.8 Å². The van der Waals surface area contributed by atoms with Crippen LogP contribution in [0.4, 0.5) is 9.59 Å². The van der Waals surface area contributed by atoms with Crippen molar-refractivity contribution in [2.24, 2.45) is 5.92 Å². The first-order chi connectivity index (χ1) is 22.1. The molecule has 0 aromatic heterocycles. The molecular weight excluding hydrogens is 620 g/mol. The van der Waals surface area contributed by atoms with E-state index in [1.54, 1.807) is 12.1 Å². The molecule has 2 saturated heterocycles. The lowest BCUT2D eigenvalue weighted by atomic mass is 10.0. The van der Waals surface area contributed by atoms with E-state index >= 15 is 0 Å². The highest BCUT2D eigenvalue weighted by Crippen LogP contribution is 2.45. The third-order valence-electron chi connectivity index (χ3n) is 9.49. The predicted octanol–water partition coefficient (Wildman–Crippen LogP) is 3.13. The molecule has 1 aromatic carbocycles. The van der Waals surface area contributed by atoms with Crippen LogP contribution in [0.2, 0.25) is 5.02 Å². The molecule has 0 radical (unpaired) electrons. The number of hydrogen-bond donors (Lipinski definition) is 3. The number of rotatable bonds is 4. The van der Waals surface area contributed by atoms with Gasteiger partial charge in [-0.1, -0.05) is 42.7 Å². The molecule has 4 amide bonds. The van der Waals surface area contributed by atoms with Crippen molar-refractivity contribution in [3.05, 3.63) is 46.5 Å². The van der Waals surface area contributed by atoms with Crippen LogP contribution in [-0.2, 0) is 41.7 Å². The predicted molar refractivity (Wildman–Crippen MR) is 163 cm³/mol. The molecule has 0 spiro atoms. The largest absolute Gasteiger partial charge is 0.479 e. The Kier molecular flexibility index (Phi) is 9.42. The molecule has 3 N–H and O–H groups in total. The molecule has 4 aliphatic heterocycles. The van der Waals surface area contributed by atoms with Crippen LogP contribution in [0, 0.1) is 5.92 Å². The number of benzene rings is 1. The summed E-state index contributed by atoms with van der Waals surface area (Å²) in [5.74, 6) is -2.68.